The number of ether oxygens (including phenoxy) is 1. The molecule has 2 aromatic rings. The maximum absolute atomic E-state index is 12.7. The molecule has 1 atom stereocenters. The van der Waals surface area contributed by atoms with Crippen molar-refractivity contribution in [2.45, 2.75) is 37.7 Å². The zero-order chi connectivity index (χ0) is 19.4. The van der Waals surface area contributed by atoms with Gasteiger partial charge in [-0.15, -0.1) is 0 Å². The number of anilines is 1. The molecular formula is C20H24N2O4S. The summed E-state index contributed by atoms with van der Waals surface area (Å²) >= 11 is 0. The first-order valence-corrected chi connectivity index (χ1v) is 10.4. The van der Waals surface area contributed by atoms with Crippen LogP contribution in [0.25, 0.3) is 0 Å². The van der Waals surface area contributed by atoms with E-state index in [1.54, 1.807) is 25.1 Å². The summed E-state index contributed by atoms with van der Waals surface area (Å²) < 4.78 is 33.4. The third-order valence-electron chi connectivity index (χ3n) is 4.58. The molecule has 7 heteroatoms. The Kier molecular flexibility index (Phi) is 5.82. The molecule has 1 aliphatic rings. The Morgan fingerprint density at radius 3 is 2.56 bits per heavy atom. The first-order valence-electron chi connectivity index (χ1n) is 8.95. The molecule has 0 bridgehead atoms. The minimum atomic E-state index is -3.78. The van der Waals surface area contributed by atoms with Crippen LogP contribution in [0.15, 0.2) is 47.4 Å². The van der Waals surface area contributed by atoms with E-state index in [4.69, 9.17) is 4.74 Å². The van der Waals surface area contributed by atoms with Crippen LogP contribution in [0.4, 0.5) is 5.69 Å². The smallest absolute Gasteiger partial charge is 0.261 e. The van der Waals surface area contributed by atoms with Crippen LogP contribution >= 0.6 is 0 Å². The first-order chi connectivity index (χ1) is 12.8. The second-order valence-electron chi connectivity index (χ2n) is 6.79. The maximum atomic E-state index is 12.7. The molecule has 0 spiro atoms. The van der Waals surface area contributed by atoms with Crippen molar-refractivity contribution in [3.05, 3.63) is 59.2 Å². The van der Waals surface area contributed by atoms with E-state index in [0.29, 0.717) is 23.4 Å². The molecule has 2 aromatic carbocycles. The van der Waals surface area contributed by atoms with Gasteiger partial charge in [-0.3, -0.25) is 9.52 Å². The molecule has 1 heterocycles. The van der Waals surface area contributed by atoms with E-state index in [1.807, 2.05) is 19.1 Å². The normalized spacial score (nSPS) is 16.9. The van der Waals surface area contributed by atoms with Crippen LogP contribution in [-0.4, -0.2) is 33.6 Å². The SMILES string of the molecule is Cc1ccc(NS(=O)(=O)c2ccc(C)c(C(=O)NC[C@@H]3CCCO3)c2)cc1. The third kappa shape index (κ3) is 4.87. The van der Waals surface area contributed by atoms with Gasteiger partial charge in [0.1, 0.15) is 0 Å². The summed E-state index contributed by atoms with van der Waals surface area (Å²) in [4.78, 5) is 12.6. The lowest BCUT2D eigenvalue weighted by Crippen LogP contribution is -2.32. The highest BCUT2D eigenvalue weighted by Crippen LogP contribution is 2.20. The van der Waals surface area contributed by atoms with Crippen LogP contribution in [-0.2, 0) is 14.8 Å². The van der Waals surface area contributed by atoms with Crippen LogP contribution < -0.4 is 10.0 Å². The summed E-state index contributed by atoms with van der Waals surface area (Å²) in [5.74, 6) is -0.296. The molecule has 0 unspecified atom stereocenters. The van der Waals surface area contributed by atoms with Crippen molar-refractivity contribution in [3.8, 4) is 0 Å². The van der Waals surface area contributed by atoms with Gasteiger partial charge in [0.25, 0.3) is 15.9 Å². The van der Waals surface area contributed by atoms with E-state index in [1.165, 1.54) is 12.1 Å². The van der Waals surface area contributed by atoms with Gasteiger partial charge in [-0.2, -0.15) is 0 Å². The van der Waals surface area contributed by atoms with Gasteiger partial charge in [0.05, 0.1) is 11.0 Å². The van der Waals surface area contributed by atoms with Crippen LogP contribution in [0.2, 0.25) is 0 Å². The van der Waals surface area contributed by atoms with Crippen molar-refractivity contribution in [1.82, 2.24) is 5.32 Å². The quantitative estimate of drug-likeness (QED) is 0.797. The summed E-state index contributed by atoms with van der Waals surface area (Å²) in [6, 6.07) is 11.6. The highest BCUT2D eigenvalue weighted by Gasteiger charge is 2.20. The van der Waals surface area contributed by atoms with Crippen LogP contribution in [0, 0.1) is 13.8 Å². The number of nitrogens with one attached hydrogen (secondary N) is 2. The summed E-state index contributed by atoms with van der Waals surface area (Å²) in [6.45, 7) is 4.86. The topological polar surface area (TPSA) is 84.5 Å². The molecule has 1 aliphatic heterocycles. The number of aryl methyl sites for hydroxylation is 2. The molecule has 2 N–H and O–H groups in total. The predicted molar refractivity (Wildman–Crippen MR) is 104 cm³/mol. The molecule has 0 aliphatic carbocycles. The summed E-state index contributed by atoms with van der Waals surface area (Å²) in [5.41, 5.74) is 2.58. The molecule has 1 saturated heterocycles. The van der Waals surface area contributed by atoms with E-state index >= 15 is 0 Å². The Morgan fingerprint density at radius 1 is 1.15 bits per heavy atom. The zero-order valence-corrected chi connectivity index (χ0v) is 16.3. The molecule has 144 valence electrons. The Hall–Kier alpha value is -2.38. The molecule has 0 saturated carbocycles. The van der Waals surface area contributed by atoms with E-state index in [-0.39, 0.29) is 16.9 Å². The molecular weight excluding hydrogens is 364 g/mol. The van der Waals surface area contributed by atoms with Gasteiger partial charge in [-0.1, -0.05) is 23.8 Å². The van der Waals surface area contributed by atoms with Crippen molar-refractivity contribution in [2.24, 2.45) is 0 Å². The van der Waals surface area contributed by atoms with E-state index in [9.17, 15) is 13.2 Å². The fourth-order valence-electron chi connectivity index (χ4n) is 2.96. The van der Waals surface area contributed by atoms with Crippen LogP contribution in [0.5, 0.6) is 0 Å². The Morgan fingerprint density at radius 2 is 1.89 bits per heavy atom. The lowest BCUT2D eigenvalue weighted by molar-refractivity contribution is 0.0857. The number of amides is 1. The molecule has 1 amide bonds. The number of rotatable bonds is 6. The monoisotopic (exact) mass is 388 g/mol. The summed E-state index contributed by atoms with van der Waals surface area (Å²) in [7, 11) is -3.78. The number of benzene rings is 2. The number of carbonyl (C=O) groups is 1. The summed E-state index contributed by atoms with van der Waals surface area (Å²) in [5, 5.41) is 2.84. The minimum Gasteiger partial charge on any atom is -0.376 e. The van der Waals surface area contributed by atoms with Crippen LogP contribution in [0.3, 0.4) is 0 Å². The van der Waals surface area contributed by atoms with Gasteiger partial charge >= 0.3 is 0 Å². The van der Waals surface area contributed by atoms with E-state index in [0.717, 1.165) is 25.0 Å². The Labute approximate surface area is 160 Å². The van der Waals surface area contributed by atoms with Gasteiger partial charge in [0, 0.05) is 24.4 Å². The minimum absolute atomic E-state index is 0.0318. The Balaban J connectivity index is 1.76. The molecule has 1 fully saturated rings. The van der Waals surface area contributed by atoms with E-state index < -0.39 is 10.0 Å². The van der Waals surface area contributed by atoms with Crippen molar-refractivity contribution in [2.75, 3.05) is 17.9 Å². The van der Waals surface area contributed by atoms with Crippen molar-refractivity contribution in [3.63, 3.8) is 0 Å². The summed E-state index contributed by atoms with van der Waals surface area (Å²) in [6.07, 6.45) is 1.95. The standard InChI is InChI=1S/C20H24N2O4S/c1-14-5-8-16(9-6-14)22-27(24,25)18-10-7-15(2)19(12-18)20(23)21-13-17-4-3-11-26-17/h5-10,12,17,22H,3-4,11,13H2,1-2H3,(H,21,23)/t17-/m0/s1. The molecule has 6 nitrogen and oxygen atoms in total. The lowest BCUT2D eigenvalue weighted by atomic mass is 10.1. The second kappa shape index (κ2) is 8.10. The van der Waals surface area contributed by atoms with Gasteiger partial charge in [-0.05, 0) is 56.5 Å². The fraction of sp³-hybridized carbons (Fsp3) is 0.350. The van der Waals surface area contributed by atoms with Crippen molar-refractivity contribution in [1.29, 1.82) is 0 Å². The van der Waals surface area contributed by atoms with Crippen LogP contribution in [0.1, 0.15) is 34.3 Å². The number of sulfonamides is 1. The van der Waals surface area contributed by atoms with Gasteiger partial charge < -0.3 is 10.1 Å². The number of hydrogen-bond acceptors (Lipinski definition) is 4. The number of hydrogen-bond donors (Lipinski definition) is 2. The molecule has 0 radical (unpaired) electrons. The highest BCUT2D eigenvalue weighted by molar-refractivity contribution is 7.92. The molecule has 0 aromatic heterocycles. The first kappa shape index (κ1) is 19.4. The molecule has 27 heavy (non-hydrogen) atoms. The van der Waals surface area contributed by atoms with Crippen molar-refractivity contribution >= 4 is 21.6 Å². The largest absolute Gasteiger partial charge is 0.376 e. The number of carbonyl (C=O) groups excluding carboxylic acids is 1. The second-order valence-corrected chi connectivity index (χ2v) is 8.48. The average molecular weight is 388 g/mol. The molecule has 3 rings (SSSR count). The van der Waals surface area contributed by atoms with Crippen molar-refractivity contribution < 1.29 is 17.9 Å². The van der Waals surface area contributed by atoms with Gasteiger partial charge in [0.2, 0.25) is 0 Å². The Bertz CT molecular complexity index is 917. The maximum Gasteiger partial charge on any atom is 0.261 e. The predicted octanol–water partition coefficient (Wildman–Crippen LogP) is 3.01. The lowest BCUT2D eigenvalue weighted by Gasteiger charge is -2.14. The van der Waals surface area contributed by atoms with Gasteiger partial charge in [0.15, 0.2) is 0 Å². The zero-order valence-electron chi connectivity index (χ0n) is 15.5. The highest BCUT2D eigenvalue weighted by atomic mass is 32.2. The van der Waals surface area contributed by atoms with Gasteiger partial charge in [-0.25, -0.2) is 8.42 Å². The van der Waals surface area contributed by atoms with E-state index in [2.05, 4.69) is 10.0 Å². The average Bonchev–Trinajstić information content (AvgIpc) is 3.15. The fourth-order valence-corrected chi connectivity index (χ4v) is 4.04. The third-order valence-corrected chi connectivity index (χ3v) is 5.96.